The van der Waals surface area contributed by atoms with Gasteiger partial charge in [-0.25, -0.2) is 13.4 Å². The molecule has 0 aliphatic rings. The van der Waals surface area contributed by atoms with Crippen LogP contribution in [0.15, 0.2) is 0 Å². The minimum absolute atomic E-state index is 0.314. The number of hydrogen-bond acceptors (Lipinski definition) is 5. The van der Waals surface area contributed by atoms with Gasteiger partial charge in [0.25, 0.3) is 0 Å². The van der Waals surface area contributed by atoms with Crippen molar-refractivity contribution >= 4 is 23.2 Å². The molecule has 0 rings (SSSR count). The Morgan fingerprint density at radius 1 is 1.00 bits per heavy atom. The first-order chi connectivity index (χ1) is 6.83. The van der Waals surface area contributed by atoms with Gasteiger partial charge in [0.05, 0.1) is 6.16 Å². The first-order valence-corrected chi connectivity index (χ1v) is 8.75. The third-order valence-electron chi connectivity index (χ3n) is 1.04. The number of phosphoric acid groups is 2. The van der Waals surface area contributed by atoms with Gasteiger partial charge in [-0.05, 0) is 5.92 Å². The zero-order chi connectivity index (χ0) is 13.2. The molecular formula is C4H13O9P3. The average Bonchev–Trinajstić information content (AvgIpc) is 1.69. The highest BCUT2D eigenvalue weighted by Crippen LogP contribution is 2.66. The summed E-state index contributed by atoms with van der Waals surface area (Å²) in [5.41, 5.74) is 0. The Morgan fingerprint density at radius 2 is 1.44 bits per heavy atom. The summed E-state index contributed by atoms with van der Waals surface area (Å²) in [5, 5.41) is 0. The second-order valence-corrected chi connectivity index (χ2v) is 8.20. The van der Waals surface area contributed by atoms with Crippen molar-refractivity contribution in [2.45, 2.75) is 13.8 Å². The Morgan fingerprint density at radius 3 is 1.75 bits per heavy atom. The fraction of sp³-hybridized carbons (Fsp3) is 1.00. The Labute approximate surface area is 91.8 Å². The largest absolute Gasteiger partial charge is 0.488 e. The standard InChI is InChI=1S/C4H13O9P3/c1-4(2)3-14(5,6)12-16(10,11)13-15(7,8)9/h4H,3H2,1-2H3,(H,5,6)(H,10,11)(H2,7,8,9). The highest BCUT2D eigenvalue weighted by atomic mass is 31.3. The van der Waals surface area contributed by atoms with Crippen LogP contribution in [0.3, 0.4) is 0 Å². The van der Waals surface area contributed by atoms with Gasteiger partial charge in [0.15, 0.2) is 0 Å². The van der Waals surface area contributed by atoms with Crippen molar-refractivity contribution < 1.29 is 41.9 Å². The van der Waals surface area contributed by atoms with Crippen LogP contribution in [0.1, 0.15) is 13.8 Å². The highest BCUT2D eigenvalue weighted by molar-refractivity contribution is 7.68. The van der Waals surface area contributed by atoms with Gasteiger partial charge in [-0.2, -0.15) is 4.31 Å². The van der Waals surface area contributed by atoms with Gasteiger partial charge >= 0.3 is 23.2 Å². The van der Waals surface area contributed by atoms with Crippen molar-refractivity contribution in [1.29, 1.82) is 0 Å². The Hall–Kier alpha value is 0.450. The molecule has 0 heterocycles. The SMILES string of the molecule is CC(C)CP(=O)(O)OP(=O)(O)OP(=O)(O)O. The van der Waals surface area contributed by atoms with Crippen LogP contribution >= 0.6 is 23.2 Å². The Bertz CT molecular complexity index is 369. The maximum Gasteiger partial charge on any atom is 0.488 e. The molecule has 2 unspecified atom stereocenters. The van der Waals surface area contributed by atoms with E-state index in [4.69, 9.17) is 19.6 Å². The Kier molecular flexibility index (Phi) is 5.55. The molecule has 0 aromatic carbocycles. The lowest BCUT2D eigenvalue weighted by molar-refractivity contribution is 0.222. The van der Waals surface area contributed by atoms with Crippen LogP contribution in [0, 0.1) is 5.92 Å². The van der Waals surface area contributed by atoms with Crippen LogP contribution in [-0.4, -0.2) is 25.7 Å². The van der Waals surface area contributed by atoms with Crippen LogP contribution in [0.2, 0.25) is 0 Å². The van der Waals surface area contributed by atoms with E-state index in [1.807, 2.05) is 0 Å². The third kappa shape index (κ3) is 8.58. The smallest absolute Gasteiger partial charge is 0.324 e. The minimum atomic E-state index is -5.28. The van der Waals surface area contributed by atoms with Gasteiger partial charge in [0, 0.05) is 0 Å². The van der Waals surface area contributed by atoms with E-state index in [0.29, 0.717) is 0 Å². The molecule has 0 aliphatic carbocycles. The molecule has 0 fully saturated rings. The van der Waals surface area contributed by atoms with Crippen molar-refractivity contribution in [2.24, 2.45) is 5.92 Å². The number of hydrogen-bond donors (Lipinski definition) is 4. The molecule has 0 aromatic rings. The molecule has 0 bridgehead atoms. The van der Waals surface area contributed by atoms with Crippen molar-refractivity contribution in [1.82, 2.24) is 0 Å². The summed E-state index contributed by atoms with van der Waals surface area (Å²) in [5.74, 6) is -0.314. The van der Waals surface area contributed by atoms with E-state index in [2.05, 4.69) is 8.62 Å². The zero-order valence-electron chi connectivity index (χ0n) is 8.46. The summed E-state index contributed by atoms with van der Waals surface area (Å²) < 4.78 is 39.5. The zero-order valence-corrected chi connectivity index (χ0v) is 11.1. The van der Waals surface area contributed by atoms with E-state index in [0.717, 1.165) is 0 Å². The molecule has 0 radical (unpaired) electrons. The fourth-order valence-corrected chi connectivity index (χ4v) is 4.75. The molecule has 9 nitrogen and oxygen atoms in total. The van der Waals surface area contributed by atoms with Crippen molar-refractivity contribution in [3.63, 3.8) is 0 Å². The molecule has 0 saturated heterocycles. The van der Waals surface area contributed by atoms with E-state index < -0.39 is 29.4 Å². The van der Waals surface area contributed by atoms with Gasteiger partial charge in [0.1, 0.15) is 0 Å². The van der Waals surface area contributed by atoms with Crippen LogP contribution in [0.4, 0.5) is 0 Å². The molecule has 16 heavy (non-hydrogen) atoms. The predicted octanol–water partition coefficient (Wildman–Crippen LogP) is 1.05. The maximum absolute atomic E-state index is 11.2. The quantitative estimate of drug-likeness (QED) is 0.527. The van der Waals surface area contributed by atoms with E-state index in [1.54, 1.807) is 13.8 Å². The fourth-order valence-electron chi connectivity index (χ4n) is 0.805. The average molecular weight is 298 g/mol. The molecule has 0 aliphatic heterocycles. The van der Waals surface area contributed by atoms with Crippen LogP contribution in [-0.2, 0) is 22.3 Å². The number of rotatable bonds is 6. The van der Waals surface area contributed by atoms with E-state index in [1.165, 1.54) is 0 Å². The molecule has 0 spiro atoms. The maximum atomic E-state index is 11.2. The topological polar surface area (TPSA) is 151 Å². The second-order valence-electron chi connectivity index (χ2n) is 3.34. The molecule has 2 atom stereocenters. The second kappa shape index (κ2) is 5.40. The van der Waals surface area contributed by atoms with Crippen molar-refractivity contribution in [3.8, 4) is 0 Å². The summed E-state index contributed by atoms with van der Waals surface area (Å²) in [6, 6.07) is 0. The van der Waals surface area contributed by atoms with Crippen LogP contribution in [0.25, 0.3) is 0 Å². The summed E-state index contributed by atoms with van der Waals surface area (Å²) in [6.45, 7) is 3.11. The first kappa shape index (κ1) is 16.4. The van der Waals surface area contributed by atoms with E-state index >= 15 is 0 Å². The third-order valence-corrected chi connectivity index (χ3v) is 5.75. The molecule has 4 N–H and O–H groups in total. The lowest BCUT2D eigenvalue weighted by Gasteiger charge is -2.17. The first-order valence-electron chi connectivity index (χ1n) is 3.96. The van der Waals surface area contributed by atoms with Gasteiger partial charge < -0.3 is 19.6 Å². The molecule has 0 amide bonds. The molecule has 12 heteroatoms. The summed E-state index contributed by atoms with van der Waals surface area (Å²) in [7, 11) is -15.0. The highest BCUT2D eigenvalue weighted by Gasteiger charge is 2.39. The van der Waals surface area contributed by atoms with Crippen LogP contribution in [0.5, 0.6) is 0 Å². The molecule has 0 aromatic heterocycles. The van der Waals surface area contributed by atoms with Gasteiger partial charge in [-0.3, -0.25) is 4.57 Å². The van der Waals surface area contributed by atoms with Crippen molar-refractivity contribution in [3.05, 3.63) is 0 Å². The normalized spacial score (nSPS) is 20.4. The van der Waals surface area contributed by atoms with Crippen LogP contribution < -0.4 is 0 Å². The summed E-state index contributed by atoms with van der Waals surface area (Å²) in [6.07, 6.45) is -0.442. The summed E-state index contributed by atoms with van der Waals surface area (Å²) in [4.78, 5) is 34.3. The molecule has 98 valence electrons. The van der Waals surface area contributed by atoms with Gasteiger partial charge in [-0.1, -0.05) is 13.8 Å². The van der Waals surface area contributed by atoms with E-state index in [9.17, 15) is 13.7 Å². The van der Waals surface area contributed by atoms with Gasteiger partial charge in [0.2, 0.25) is 0 Å². The Balaban J connectivity index is 4.65. The minimum Gasteiger partial charge on any atom is -0.324 e. The molecule has 0 saturated carbocycles. The van der Waals surface area contributed by atoms with E-state index in [-0.39, 0.29) is 5.92 Å². The predicted molar refractivity (Wildman–Crippen MR) is 53.6 cm³/mol. The summed E-state index contributed by atoms with van der Waals surface area (Å²) >= 11 is 0. The molecular weight excluding hydrogens is 285 g/mol. The van der Waals surface area contributed by atoms with Crippen molar-refractivity contribution in [2.75, 3.05) is 6.16 Å². The lowest BCUT2D eigenvalue weighted by atomic mass is 10.3. The monoisotopic (exact) mass is 298 g/mol. The van der Waals surface area contributed by atoms with Gasteiger partial charge in [-0.15, -0.1) is 0 Å². The lowest BCUT2D eigenvalue weighted by Crippen LogP contribution is -2.01.